The van der Waals surface area contributed by atoms with Crippen LogP contribution in [-0.2, 0) is 4.74 Å². The van der Waals surface area contributed by atoms with E-state index in [1.165, 1.54) is 0 Å². The van der Waals surface area contributed by atoms with Gasteiger partial charge in [0, 0.05) is 18.7 Å². The SMILES string of the molecule is Cc1nc(Br)cc(NC2CCOC(C)(C)C2)n1. The Kier molecular flexibility index (Phi) is 3.68. The molecule has 1 saturated heterocycles. The monoisotopic (exact) mass is 299 g/mol. The first-order valence-corrected chi connectivity index (χ1v) is 6.66. The largest absolute Gasteiger partial charge is 0.375 e. The number of hydrogen-bond acceptors (Lipinski definition) is 4. The molecule has 0 spiro atoms. The molecule has 1 aliphatic rings. The third-order valence-electron chi connectivity index (χ3n) is 2.86. The molecule has 5 heteroatoms. The lowest BCUT2D eigenvalue weighted by Gasteiger charge is -2.36. The van der Waals surface area contributed by atoms with E-state index >= 15 is 0 Å². The molecule has 2 heterocycles. The minimum absolute atomic E-state index is 0.0464. The average Bonchev–Trinajstić information content (AvgIpc) is 2.13. The van der Waals surface area contributed by atoms with Gasteiger partial charge in [0.05, 0.1) is 5.60 Å². The van der Waals surface area contributed by atoms with Crippen molar-refractivity contribution in [3.05, 3.63) is 16.5 Å². The molecule has 0 saturated carbocycles. The molecule has 0 aliphatic carbocycles. The molecule has 1 aliphatic heterocycles. The Morgan fingerprint density at radius 3 is 2.88 bits per heavy atom. The summed E-state index contributed by atoms with van der Waals surface area (Å²) in [5.74, 6) is 1.65. The Morgan fingerprint density at radius 2 is 2.24 bits per heavy atom. The number of nitrogens with zero attached hydrogens (tertiary/aromatic N) is 2. The minimum Gasteiger partial charge on any atom is -0.375 e. The number of anilines is 1. The van der Waals surface area contributed by atoms with Crippen molar-refractivity contribution in [3.8, 4) is 0 Å². The van der Waals surface area contributed by atoms with Crippen LogP contribution in [0.15, 0.2) is 10.7 Å². The van der Waals surface area contributed by atoms with Crippen molar-refractivity contribution in [2.75, 3.05) is 11.9 Å². The van der Waals surface area contributed by atoms with Gasteiger partial charge in [-0.3, -0.25) is 0 Å². The highest BCUT2D eigenvalue weighted by Crippen LogP contribution is 2.26. The molecule has 1 N–H and O–H groups in total. The fraction of sp³-hybridized carbons (Fsp3) is 0.667. The lowest BCUT2D eigenvalue weighted by Crippen LogP contribution is -2.40. The van der Waals surface area contributed by atoms with E-state index < -0.39 is 0 Å². The minimum atomic E-state index is -0.0464. The second kappa shape index (κ2) is 4.90. The normalized spacial score (nSPS) is 23.4. The lowest BCUT2D eigenvalue weighted by atomic mass is 9.94. The van der Waals surface area contributed by atoms with Gasteiger partial charge in [0.2, 0.25) is 0 Å². The van der Waals surface area contributed by atoms with E-state index in [1.807, 2.05) is 13.0 Å². The predicted molar refractivity (Wildman–Crippen MR) is 71.1 cm³/mol. The Labute approximate surface area is 110 Å². The van der Waals surface area contributed by atoms with Gasteiger partial charge in [-0.05, 0) is 49.5 Å². The first-order chi connectivity index (χ1) is 7.94. The van der Waals surface area contributed by atoms with Crippen molar-refractivity contribution >= 4 is 21.7 Å². The molecular formula is C12H18BrN3O. The third kappa shape index (κ3) is 3.64. The van der Waals surface area contributed by atoms with Crippen LogP contribution in [0.4, 0.5) is 5.82 Å². The molecule has 17 heavy (non-hydrogen) atoms. The van der Waals surface area contributed by atoms with Crippen LogP contribution in [0.25, 0.3) is 0 Å². The van der Waals surface area contributed by atoms with Crippen LogP contribution < -0.4 is 5.32 Å². The maximum atomic E-state index is 5.70. The molecule has 1 unspecified atom stereocenters. The van der Waals surface area contributed by atoms with Crippen LogP contribution in [0.3, 0.4) is 0 Å². The molecule has 4 nitrogen and oxygen atoms in total. The van der Waals surface area contributed by atoms with Crippen molar-refractivity contribution in [2.24, 2.45) is 0 Å². The van der Waals surface area contributed by atoms with Gasteiger partial charge in [0.15, 0.2) is 0 Å². The molecule has 1 aromatic rings. The van der Waals surface area contributed by atoms with Crippen molar-refractivity contribution < 1.29 is 4.74 Å². The van der Waals surface area contributed by atoms with E-state index in [2.05, 4.69) is 45.1 Å². The van der Waals surface area contributed by atoms with Gasteiger partial charge in [-0.25, -0.2) is 9.97 Å². The smallest absolute Gasteiger partial charge is 0.131 e. The Morgan fingerprint density at radius 1 is 1.47 bits per heavy atom. The summed E-state index contributed by atoms with van der Waals surface area (Å²) in [4.78, 5) is 8.58. The lowest BCUT2D eigenvalue weighted by molar-refractivity contribution is -0.0553. The maximum Gasteiger partial charge on any atom is 0.131 e. The predicted octanol–water partition coefficient (Wildman–Crippen LogP) is 2.92. The highest BCUT2D eigenvalue weighted by atomic mass is 79.9. The van der Waals surface area contributed by atoms with Crippen LogP contribution in [0.1, 0.15) is 32.5 Å². The molecule has 0 radical (unpaired) electrons. The summed E-state index contributed by atoms with van der Waals surface area (Å²) >= 11 is 3.38. The topological polar surface area (TPSA) is 47.0 Å². The molecule has 94 valence electrons. The third-order valence-corrected chi connectivity index (χ3v) is 3.26. The number of aryl methyl sites for hydroxylation is 1. The Hall–Kier alpha value is -0.680. The molecule has 1 atom stereocenters. The zero-order valence-corrected chi connectivity index (χ0v) is 12.0. The van der Waals surface area contributed by atoms with Crippen molar-refractivity contribution in [1.82, 2.24) is 9.97 Å². The van der Waals surface area contributed by atoms with Crippen LogP contribution >= 0.6 is 15.9 Å². The fourth-order valence-electron chi connectivity index (χ4n) is 2.17. The summed E-state index contributed by atoms with van der Waals surface area (Å²) in [5.41, 5.74) is -0.0464. The average molecular weight is 300 g/mol. The van der Waals surface area contributed by atoms with Crippen LogP contribution in [0.5, 0.6) is 0 Å². The summed E-state index contributed by atoms with van der Waals surface area (Å²) < 4.78 is 6.52. The molecular weight excluding hydrogens is 282 g/mol. The zero-order chi connectivity index (χ0) is 12.5. The van der Waals surface area contributed by atoms with Gasteiger partial charge in [-0.1, -0.05) is 0 Å². The summed E-state index contributed by atoms with van der Waals surface area (Å²) in [6.07, 6.45) is 2.01. The van der Waals surface area contributed by atoms with Gasteiger partial charge < -0.3 is 10.1 Å². The Balaban J connectivity index is 2.05. The summed E-state index contributed by atoms with van der Waals surface area (Å²) in [5, 5.41) is 3.46. The number of ether oxygens (including phenoxy) is 1. The number of halogens is 1. The molecule has 0 aromatic carbocycles. The van der Waals surface area contributed by atoms with E-state index in [0.29, 0.717) is 6.04 Å². The van der Waals surface area contributed by atoms with Crippen LogP contribution in [0.2, 0.25) is 0 Å². The van der Waals surface area contributed by atoms with E-state index in [1.54, 1.807) is 0 Å². The molecule has 0 amide bonds. The van der Waals surface area contributed by atoms with Gasteiger partial charge in [0.25, 0.3) is 0 Å². The Bertz CT molecular complexity index is 388. The van der Waals surface area contributed by atoms with Crippen LogP contribution in [-0.4, -0.2) is 28.2 Å². The highest BCUT2D eigenvalue weighted by Gasteiger charge is 2.28. The van der Waals surface area contributed by atoms with E-state index in [4.69, 9.17) is 4.74 Å². The van der Waals surface area contributed by atoms with Gasteiger partial charge in [-0.2, -0.15) is 0 Å². The van der Waals surface area contributed by atoms with Gasteiger partial charge >= 0.3 is 0 Å². The number of rotatable bonds is 2. The zero-order valence-electron chi connectivity index (χ0n) is 10.5. The summed E-state index contributed by atoms with van der Waals surface area (Å²) in [7, 11) is 0. The second-order valence-corrected chi connectivity index (χ2v) is 5.88. The molecule has 1 fully saturated rings. The van der Waals surface area contributed by atoms with Crippen LogP contribution in [0, 0.1) is 6.92 Å². The summed E-state index contributed by atoms with van der Waals surface area (Å²) in [6.45, 7) is 6.95. The highest BCUT2D eigenvalue weighted by molar-refractivity contribution is 9.10. The van der Waals surface area contributed by atoms with E-state index in [-0.39, 0.29) is 5.60 Å². The number of nitrogens with one attached hydrogen (secondary N) is 1. The number of aromatic nitrogens is 2. The van der Waals surface area contributed by atoms with Crippen molar-refractivity contribution in [2.45, 2.75) is 45.3 Å². The molecule has 0 bridgehead atoms. The quantitative estimate of drug-likeness (QED) is 0.853. The maximum absolute atomic E-state index is 5.70. The van der Waals surface area contributed by atoms with Gasteiger partial charge in [0.1, 0.15) is 16.2 Å². The van der Waals surface area contributed by atoms with Crippen molar-refractivity contribution in [1.29, 1.82) is 0 Å². The van der Waals surface area contributed by atoms with E-state index in [0.717, 1.165) is 35.7 Å². The van der Waals surface area contributed by atoms with E-state index in [9.17, 15) is 0 Å². The second-order valence-electron chi connectivity index (χ2n) is 5.07. The van der Waals surface area contributed by atoms with Gasteiger partial charge in [-0.15, -0.1) is 0 Å². The molecule has 1 aromatic heterocycles. The standard InChI is InChI=1S/C12H18BrN3O/c1-8-14-10(13)6-11(15-8)16-9-4-5-17-12(2,3)7-9/h6,9H,4-5,7H2,1-3H3,(H,14,15,16). The first-order valence-electron chi connectivity index (χ1n) is 5.86. The first kappa shape index (κ1) is 12.8. The summed E-state index contributed by atoms with van der Waals surface area (Å²) in [6, 6.07) is 2.33. The van der Waals surface area contributed by atoms with Crippen molar-refractivity contribution in [3.63, 3.8) is 0 Å². The fourth-order valence-corrected chi connectivity index (χ4v) is 2.64. The number of hydrogen-bond donors (Lipinski definition) is 1. The molecule has 2 rings (SSSR count).